The average Bonchev–Trinajstić information content (AvgIpc) is 2.31. The molecule has 17 heavy (non-hydrogen) atoms. The van der Waals surface area contributed by atoms with Crippen LogP contribution < -0.4 is 5.73 Å². The molecule has 2 rings (SSSR count). The van der Waals surface area contributed by atoms with E-state index in [-0.39, 0.29) is 5.54 Å². The summed E-state index contributed by atoms with van der Waals surface area (Å²) in [5.74, 6) is 2.54. The first-order valence-corrected chi connectivity index (χ1v) is 7.97. The molecule has 0 aliphatic heterocycles. The number of hydrogen-bond donors (Lipinski definition) is 1. The van der Waals surface area contributed by atoms with Crippen molar-refractivity contribution in [3.05, 3.63) is 0 Å². The number of fused-ring (bicyclic) bond motifs is 1. The van der Waals surface area contributed by atoms with Gasteiger partial charge < -0.3 is 5.73 Å². The van der Waals surface area contributed by atoms with Crippen LogP contribution in [0.2, 0.25) is 0 Å². The van der Waals surface area contributed by atoms with Crippen molar-refractivity contribution in [3.8, 4) is 0 Å². The fourth-order valence-electron chi connectivity index (χ4n) is 4.61. The van der Waals surface area contributed by atoms with Gasteiger partial charge in [-0.2, -0.15) is 0 Å². The highest BCUT2D eigenvalue weighted by atomic mass is 14.8. The molecular weight excluding hydrogens is 206 g/mol. The molecule has 0 saturated heterocycles. The minimum absolute atomic E-state index is 0.212. The third kappa shape index (κ3) is 2.70. The van der Waals surface area contributed by atoms with Crippen molar-refractivity contribution in [2.24, 2.45) is 23.5 Å². The van der Waals surface area contributed by atoms with Crippen molar-refractivity contribution in [1.29, 1.82) is 0 Å². The second kappa shape index (κ2) is 5.73. The molecule has 0 aromatic heterocycles. The van der Waals surface area contributed by atoms with E-state index >= 15 is 0 Å². The van der Waals surface area contributed by atoms with E-state index in [1.54, 1.807) is 0 Å². The SMILES string of the molecule is CCCCCC1CCCC2[C@@H](C)CCC[C@]12N. The van der Waals surface area contributed by atoms with Crippen LogP contribution in [-0.2, 0) is 0 Å². The minimum Gasteiger partial charge on any atom is -0.325 e. The zero-order chi connectivity index (χ0) is 12.3. The van der Waals surface area contributed by atoms with Crippen molar-refractivity contribution in [1.82, 2.24) is 0 Å². The molecule has 4 atom stereocenters. The van der Waals surface area contributed by atoms with E-state index in [2.05, 4.69) is 13.8 Å². The number of nitrogens with two attached hydrogens (primary N) is 1. The third-order valence-corrected chi connectivity index (χ3v) is 5.63. The Morgan fingerprint density at radius 2 is 1.94 bits per heavy atom. The minimum atomic E-state index is 0.212. The molecule has 0 amide bonds. The molecule has 1 nitrogen and oxygen atoms in total. The molecule has 2 aliphatic carbocycles. The van der Waals surface area contributed by atoms with Crippen LogP contribution in [0.5, 0.6) is 0 Å². The molecule has 0 heterocycles. The highest BCUT2D eigenvalue weighted by Crippen LogP contribution is 2.49. The second-order valence-electron chi connectivity index (χ2n) is 6.71. The van der Waals surface area contributed by atoms with Crippen molar-refractivity contribution >= 4 is 0 Å². The summed E-state index contributed by atoms with van der Waals surface area (Å²) < 4.78 is 0. The molecule has 2 saturated carbocycles. The van der Waals surface area contributed by atoms with Crippen molar-refractivity contribution in [3.63, 3.8) is 0 Å². The lowest BCUT2D eigenvalue weighted by Crippen LogP contribution is -2.59. The fraction of sp³-hybridized carbons (Fsp3) is 1.00. The van der Waals surface area contributed by atoms with E-state index in [0.29, 0.717) is 0 Å². The number of hydrogen-bond acceptors (Lipinski definition) is 1. The maximum Gasteiger partial charge on any atom is 0.0214 e. The molecular formula is C16H31N. The van der Waals surface area contributed by atoms with Gasteiger partial charge in [0.25, 0.3) is 0 Å². The lowest BCUT2D eigenvalue weighted by molar-refractivity contribution is 0.0255. The van der Waals surface area contributed by atoms with Crippen molar-refractivity contribution in [2.75, 3.05) is 0 Å². The van der Waals surface area contributed by atoms with Gasteiger partial charge in [0.15, 0.2) is 0 Å². The molecule has 0 bridgehead atoms. The van der Waals surface area contributed by atoms with Crippen LogP contribution in [0.1, 0.15) is 78.1 Å². The number of rotatable bonds is 4. The first-order valence-electron chi connectivity index (χ1n) is 7.97. The zero-order valence-corrected chi connectivity index (χ0v) is 11.9. The number of unbranched alkanes of at least 4 members (excludes halogenated alkanes) is 2. The predicted octanol–water partition coefficient (Wildman–Crippen LogP) is 4.50. The summed E-state index contributed by atoms with van der Waals surface area (Å²) in [6.07, 6.45) is 13.9. The van der Waals surface area contributed by atoms with E-state index in [4.69, 9.17) is 5.73 Å². The molecule has 0 spiro atoms. The van der Waals surface area contributed by atoms with Crippen LogP contribution in [0.15, 0.2) is 0 Å². The van der Waals surface area contributed by atoms with E-state index in [0.717, 1.165) is 17.8 Å². The average molecular weight is 237 g/mol. The molecule has 2 aliphatic rings. The van der Waals surface area contributed by atoms with Crippen LogP contribution in [0, 0.1) is 17.8 Å². The van der Waals surface area contributed by atoms with Gasteiger partial charge in [-0.1, -0.05) is 52.4 Å². The van der Waals surface area contributed by atoms with Gasteiger partial charge in [0.2, 0.25) is 0 Å². The van der Waals surface area contributed by atoms with Gasteiger partial charge in [-0.3, -0.25) is 0 Å². The van der Waals surface area contributed by atoms with Crippen LogP contribution in [-0.4, -0.2) is 5.54 Å². The normalized spacial score (nSPS) is 42.2. The molecule has 100 valence electrons. The standard InChI is InChI=1S/C16H31N/c1-3-4-5-9-14-10-6-11-15-13(2)8-7-12-16(14,15)17/h13-15H,3-12,17H2,1-2H3/t13-,14?,15?,16-/m0/s1. The van der Waals surface area contributed by atoms with Gasteiger partial charge in [-0.15, -0.1) is 0 Å². The summed E-state index contributed by atoms with van der Waals surface area (Å²) in [4.78, 5) is 0. The summed E-state index contributed by atoms with van der Waals surface area (Å²) in [6.45, 7) is 4.74. The summed E-state index contributed by atoms with van der Waals surface area (Å²) >= 11 is 0. The smallest absolute Gasteiger partial charge is 0.0214 e. The Bertz CT molecular complexity index is 238. The monoisotopic (exact) mass is 237 g/mol. The Morgan fingerprint density at radius 3 is 2.71 bits per heavy atom. The van der Waals surface area contributed by atoms with Crippen LogP contribution >= 0.6 is 0 Å². The molecule has 1 heteroatoms. The molecule has 2 unspecified atom stereocenters. The Balaban J connectivity index is 2.00. The Kier molecular flexibility index (Phi) is 4.52. The van der Waals surface area contributed by atoms with Crippen LogP contribution in [0.3, 0.4) is 0 Å². The lowest BCUT2D eigenvalue weighted by atomic mass is 9.56. The summed E-state index contributed by atoms with van der Waals surface area (Å²) in [5.41, 5.74) is 7.09. The molecule has 0 aromatic carbocycles. The van der Waals surface area contributed by atoms with Gasteiger partial charge >= 0.3 is 0 Å². The topological polar surface area (TPSA) is 26.0 Å². The van der Waals surface area contributed by atoms with Gasteiger partial charge in [0, 0.05) is 5.54 Å². The maximum atomic E-state index is 6.88. The van der Waals surface area contributed by atoms with Crippen LogP contribution in [0.25, 0.3) is 0 Å². The van der Waals surface area contributed by atoms with Crippen LogP contribution in [0.4, 0.5) is 0 Å². The van der Waals surface area contributed by atoms with Crippen molar-refractivity contribution < 1.29 is 0 Å². The highest BCUT2D eigenvalue weighted by Gasteiger charge is 2.47. The molecule has 2 N–H and O–H groups in total. The summed E-state index contributed by atoms with van der Waals surface area (Å²) in [7, 11) is 0. The predicted molar refractivity (Wildman–Crippen MR) is 74.9 cm³/mol. The van der Waals surface area contributed by atoms with E-state index < -0.39 is 0 Å². The summed E-state index contributed by atoms with van der Waals surface area (Å²) in [5, 5.41) is 0. The largest absolute Gasteiger partial charge is 0.325 e. The maximum absolute atomic E-state index is 6.88. The van der Waals surface area contributed by atoms with E-state index in [1.165, 1.54) is 64.2 Å². The lowest BCUT2D eigenvalue weighted by Gasteiger charge is -2.53. The first-order chi connectivity index (χ1) is 8.18. The van der Waals surface area contributed by atoms with Crippen molar-refractivity contribution in [2.45, 2.75) is 83.6 Å². The molecule has 0 radical (unpaired) electrons. The Morgan fingerprint density at radius 1 is 1.12 bits per heavy atom. The molecule has 0 aromatic rings. The zero-order valence-electron chi connectivity index (χ0n) is 11.9. The van der Waals surface area contributed by atoms with E-state index in [9.17, 15) is 0 Å². The first kappa shape index (κ1) is 13.4. The van der Waals surface area contributed by atoms with Gasteiger partial charge in [-0.25, -0.2) is 0 Å². The molecule has 2 fully saturated rings. The summed E-state index contributed by atoms with van der Waals surface area (Å²) in [6, 6.07) is 0. The Labute approximate surface area is 108 Å². The quantitative estimate of drug-likeness (QED) is 0.716. The van der Waals surface area contributed by atoms with Gasteiger partial charge in [-0.05, 0) is 43.4 Å². The third-order valence-electron chi connectivity index (χ3n) is 5.63. The second-order valence-corrected chi connectivity index (χ2v) is 6.71. The highest BCUT2D eigenvalue weighted by molar-refractivity contribution is 5.03. The fourth-order valence-corrected chi connectivity index (χ4v) is 4.61. The van der Waals surface area contributed by atoms with E-state index in [1.807, 2.05) is 0 Å². The van der Waals surface area contributed by atoms with Gasteiger partial charge in [0.05, 0.1) is 0 Å². The Hall–Kier alpha value is -0.0400. The van der Waals surface area contributed by atoms with Gasteiger partial charge in [0.1, 0.15) is 0 Å².